The highest BCUT2D eigenvalue weighted by atomic mass is 32.2. The highest BCUT2D eigenvalue weighted by Crippen LogP contribution is 2.21. The van der Waals surface area contributed by atoms with Crippen LogP contribution in [0.1, 0.15) is 21.5 Å². The number of anilines is 1. The van der Waals surface area contributed by atoms with Crippen molar-refractivity contribution in [3.63, 3.8) is 0 Å². The fraction of sp³-hybridized carbons (Fsp3) is 0.316. The Morgan fingerprint density at radius 2 is 1.69 bits per heavy atom. The summed E-state index contributed by atoms with van der Waals surface area (Å²) in [6.45, 7) is 4.93. The molecule has 0 aliphatic heterocycles. The molecule has 0 unspecified atom stereocenters. The molecule has 0 atom stereocenters. The number of carbonyl (C=O) groups is 1. The third-order valence-corrected chi connectivity index (χ3v) is 5.30. The second kappa shape index (κ2) is 8.33. The summed E-state index contributed by atoms with van der Waals surface area (Å²) in [5.41, 5.74) is 2.53. The predicted molar refractivity (Wildman–Crippen MR) is 104 cm³/mol. The van der Waals surface area contributed by atoms with Gasteiger partial charge in [-0.25, -0.2) is 8.42 Å². The van der Waals surface area contributed by atoms with Crippen molar-refractivity contribution >= 4 is 21.6 Å². The third-order valence-electron chi connectivity index (χ3n) is 3.92. The van der Waals surface area contributed by atoms with E-state index in [1.165, 1.54) is 0 Å². The van der Waals surface area contributed by atoms with Crippen LogP contribution in [-0.2, 0) is 10.0 Å². The van der Waals surface area contributed by atoms with E-state index in [0.29, 0.717) is 17.8 Å². The number of likely N-dealkylation sites (N-methyl/N-ethyl adjacent to an activating group) is 1. The normalized spacial score (nSPS) is 11.4. The zero-order valence-electron chi connectivity index (χ0n) is 15.5. The van der Waals surface area contributed by atoms with Crippen molar-refractivity contribution in [3.05, 3.63) is 59.2 Å². The van der Waals surface area contributed by atoms with Crippen molar-refractivity contribution in [1.29, 1.82) is 0 Å². The van der Waals surface area contributed by atoms with Crippen LogP contribution in [0, 0.1) is 13.8 Å². The molecule has 2 aromatic carbocycles. The van der Waals surface area contributed by atoms with Crippen molar-refractivity contribution in [2.24, 2.45) is 0 Å². The number of rotatable bonds is 7. The van der Waals surface area contributed by atoms with Crippen LogP contribution >= 0.6 is 0 Å². The molecule has 1 amide bonds. The number of hydrogen-bond donors (Lipinski definition) is 2. The zero-order valence-corrected chi connectivity index (χ0v) is 16.4. The highest BCUT2D eigenvalue weighted by Gasteiger charge is 2.16. The monoisotopic (exact) mass is 375 g/mol. The van der Waals surface area contributed by atoms with Crippen LogP contribution in [0.2, 0.25) is 0 Å². The van der Waals surface area contributed by atoms with E-state index in [2.05, 4.69) is 10.0 Å². The van der Waals surface area contributed by atoms with Gasteiger partial charge in [-0.2, -0.15) is 0 Å². The number of carbonyl (C=O) groups excluding carboxylic acids is 1. The van der Waals surface area contributed by atoms with Crippen molar-refractivity contribution in [3.8, 4) is 0 Å². The number of hydrogen-bond acceptors (Lipinski definition) is 4. The summed E-state index contributed by atoms with van der Waals surface area (Å²) in [6.07, 6.45) is 0. The maximum Gasteiger partial charge on any atom is 0.261 e. The lowest BCUT2D eigenvalue weighted by Gasteiger charge is -2.13. The number of benzene rings is 2. The first-order chi connectivity index (χ1) is 12.2. The van der Waals surface area contributed by atoms with Gasteiger partial charge in [-0.15, -0.1) is 0 Å². The minimum absolute atomic E-state index is 0.184. The molecule has 0 bridgehead atoms. The molecule has 0 aliphatic rings. The van der Waals surface area contributed by atoms with Gasteiger partial charge in [-0.1, -0.05) is 23.8 Å². The highest BCUT2D eigenvalue weighted by molar-refractivity contribution is 7.92. The quantitative estimate of drug-likeness (QED) is 0.779. The Hall–Kier alpha value is -2.38. The standard InChI is InChI=1S/C19H25N3O3S/c1-14-5-9-17(10-6-14)26(24,25)21-18-13-16(8-7-15(18)2)19(23)20-11-12-22(3)4/h5-10,13,21H,11-12H2,1-4H3,(H,20,23). The molecule has 7 heteroatoms. The molecule has 0 spiro atoms. The first-order valence-electron chi connectivity index (χ1n) is 8.32. The lowest BCUT2D eigenvalue weighted by atomic mass is 10.1. The van der Waals surface area contributed by atoms with Crippen LogP contribution in [0.5, 0.6) is 0 Å². The summed E-state index contributed by atoms with van der Waals surface area (Å²) in [5, 5.41) is 2.82. The van der Waals surface area contributed by atoms with E-state index in [-0.39, 0.29) is 10.8 Å². The van der Waals surface area contributed by atoms with Gasteiger partial charge in [-0.3, -0.25) is 9.52 Å². The molecule has 2 aromatic rings. The van der Waals surface area contributed by atoms with Gasteiger partial charge in [0.15, 0.2) is 0 Å². The summed E-state index contributed by atoms with van der Waals surface area (Å²) in [5.74, 6) is -0.234. The lowest BCUT2D eigenvalue weighted by Crippen LogP contribution is -2.31. The van der Waals surface area contributed by atoms with Crippen LogP contribution in [0.4, 0.5) is 5.69 Å². The zero-order chi connectivity index (χ0) is 19.3. The van der Waals surface area contributed by atoms with Crippen LogP contribution in [-0.4, -0.2) is 46.4 Å². The second-order valence-electron chi connectivity index (χ2n) is 6.51. The van der Waals surface area contributed by atoms with E-state index < -0.39 is 10.0 Å². The van der Waals surface area contributed by atoms with Gasteiger partial charge in [0.2, 0.25) is 0 Å². The molecular weight excluding hydrogens is 350 g/mol. The molecule has 0 aromatic heterocycles. The largest absolute Gasteiger partial charge is 0.351 e. The Morgan fingerprint density at radius 3 is 2.31 bits per heavy atom. The summed E-state index contributed by atoms with van der Waals surface area (Å²) >= 11 is 0. The topological polar surface area (TPSA) is 78.5 Å². The van der Waals surface area contributed by atoms with Crippen LogP contribution in [0.3, 0.4) is 0 Å². The van der Waals surface area contributed by atoms with Gasteiger partial charge >= 0.3 is 0 Å². The van der Waals surface area contributed by atoms with Crippen molar-refractivity contribution in [1.82, 2.24) is 10.2 Å². The molecule has 0 saturated heterocycles. The molecule has 140 valence electrons. The molecule has 0 radical (unpaired) electrons. The van der Waals surface area contributed by atoms with Gasteiger partial charge in [0.25, 0.3) is 15.9 Å². The summed E-state index contributed by atoms with van der Waals surface area (Å²) in [4.78, 5) is 14.4. The SMILES string of the molecule is Cc1ccc(S(=O)(=O)Nc2cc(C(=O)NCCN(C)C)ccc2C)cc1. The lowest BCUT2D eigenvalue weighted by molar-refractivity contribution is 0.0951. The van der Waals surface area contributed by atoms with Crippen molar-refractivity contribution < 1.29 is 13.2 Å². The minimum atomic E-state index is -3.71. The Balaban J connectivity index is 2.19. The number of sulfonamides is 1. The smallest absolute Gasteiger partial charge is 0.261 e. The summed E-state index contributed by atoms with van der Waals surface area (Å²) in [6, 6.07) is 11.6. The molecule has 6 nitrogen and oxygen atoms in total. The fourth-order valence-electron chi connectivity index (χ4n) is 2.29. The maximum atomic E-state index is 12.6. The van der Waals surface area contributed by atoms with Gasteiger partial charge in [0.05, 0.1) is 10.6 Å². The van der Waals surface area contributed by atoms with E-state index in [0.717, 1.165) is 17.7 Å². The molecule has 0 aliphatic carbocycles. The fourth-order valence-corrected chi connectivity index (χ4v) is 3.41. The van der Waals surface area contributed by atoms with E-state index in [1.807, 2.05) is 25.9 Å². The number of nitrogens with zero attached hydrogens (tertiary/aromatic N) is 1. The van der Waals surface area contributed by atoms with Gasteiger partial charge in [0.1, 0.15) is 0 Å². The molecule has 26 heavy (non-hydrogen) atoms. The molecule has 2 rings (SSSR count). The molecule has 0 fully saturated rings. The van der Waals surface area contributed by atoms with E-state index in [1.54, 1.807) is 49.4 Å². The van der Waals surface area contributed by atoms with Crippen molar-refractivity contribution in [2.75, 3.05) is 31.9 Å². The predicted octanol–water partition coefficient (Wildman–Crippen LogP) is 2.40. The van der Waals surface area contributed by atoms with Crippen LogP contribution in [0.25, 0.3) is 0 Å². The average Bonchev–Trinajstić information content (AvgIpc) is 2.56. The minimum Gasteiger partial charge on any atom is -0.351 e. The Bertz CT molecular complexity index is 875. The number of aryl methyl sites for hydroxylation is 2. The second-order valence-corrected chi connectivity index (χ2v) is 8.19. The third kappa shape index (κ3) is 5.31. The average molecular weight is 375 g/mol. The van der Waals surface area contributed by atoms with Crippen LogP contribution in [0.15, 0.2) is 47.4 Å². The summed E-state index contributed by atoms with van der Waals surface area (Å²) < 4.78 is 27.7. The molecule has 0 heterocycles. The molecule has 0 saturated carbocycles. The number of amides is 1. The molecular formula is C19H25N3O3S. The Labute approximate surface area is 155 Å². The number of nitrogens with one attached hydrogen (secondary N) is 2. The van der Waals surface area contributed by atoms with E-state index >= 15 is 0 Å². The van der Waals surface area contributed by atoms with Crippen molar-refractivity contribution in [2.45, 2.75) is 18.7 Å². The summed E-state index contributed by atoms with van der Waals surface area (Å²) in [7, 11) is 0.142. The molecule has 2 N–H and O–H groups in total. The van der Waals surface area contributed by atoms with Gasteiger partial charge in [0, 0.05) is 18.7 Å². The Morgan fingerprint density at radius 1 is 1.04 bits per heavy atom. The van der Waals surface area contributed by atoms with E-state index in [9.17, 15) is 13.2 Å². The first kappa shape index (κ1) is 19.9. The Kier molecular flexibility index (Phi) is 6.39. The first-order valence-corrected chi connectivity index (χ1v) is 9.80. The van der Waals surface area contributed by atoms with Gasteiger partial charge < -0.3 is 10.2 Å². The van der Waals surface area contributed by atoms with Crippen LogP contribution < -0.4 is 10.0 Å². The van der Waals surface area contributed by atoms with Gasteiger partial charge in [-0.05, 0) is 57.8 Å². The van der Waals surface area contributed by atoms with E-state index in [4.69, 9.17) is 0 Å². The maximum absolute atomic E-state index is 12.6.